The Labute approximate surface area is 188 Å². The first-order valence-corrected chi connectivity index (χ1v) is 10.9. The summed E-state index contributed by atoms with van der Waals surface area (Å²) in [7, 11) is 0. The lowest BCUT2D eigenvalue weighted by atomic mass is 10.1. The van der Waals surface area contributed by atoms with Gasteiger partial charge >= 0.3 is 0 Å². The molecule has 0 aliphatic carbocycles. The second-order valence-electron chi connectivity index (χ2n) is 7.75. The lowest BCUT2D eigenvalue weighted by Gasteiger charge is -2.27. The van der Waals surface area contributed by atoms with Crippen molar-refractivity contribution in [1.29, 1.82) is 0 Å². The number of morpholine rings is 1. The Morgan fingerprint density at radius 1 is 1.00 bits per heavy atom. The Morgan fingerprint density at radius 2 is 1.72 bits per heavy atom. The molecule has 1 aliphatic rings. The van der Waals surface area contributed by atoms with Crippen molar-refractivity contribution in [2.75, 3.05) is 43.5 Å². The molecule has 170 valence electrons. The molecule has 0 spiro atoms. The zero-order valence-electron chi connectivity index (χ0n) is 18.5. The van der Waals surface area contributed by atoms with E-state index >= 15 is 0 Å². The molecule has 3 amide bonds. The van der Waals surface area contributed by atoms with Crippen molar-refractivity contribution in [3.63, 3.8) is 0 Å². The Bertz CT molecular complexity index is 939. The molecule has 1 fully saturated rings. The summed E-state index contributed by atoms with van der Waals surface area (Å²) in [6.07, 6.45) is 0.858. The Balaban J connectivity index is 1.50. The zero-order valence-corrected chi connectivity index (χ0v) is 18.5. The second-order valence-corrected chi connectivity index (χ2v) is 7.75. The van der Waals surface area contributed by atoms with Gasteiger partial charge in [-0.3, -0.25) is 14.4 Å². The first kappa shape index (κ1) is 23.3. The number of carbonyl (C=O) groups excluding carboxylic acids is 3. The van der Waals surface area contributed by atoms with Gasteiger partial charge in [0, 0.05) is 41.6 Å². The van der Waals surface area contributed by atoms with Crippen LogP contribution < -0.4 is 16.0 Å². The first-order valence-electron chi connectivity index (χ1n) is 10.9. The minimum Gasteiger partial charge on any atom is -0.378 e. The number of rotatable bonds is 8. The SMILES string of the molecule is CCC(C)NC(=O)c1ccc(NC(=O)CNc2cccc(C(=O)N3CCOCC3)c2)cc1. The molecule has 1 atom stereocenters. The van der Waals surface area contributed by atoms with E-state index in [9.17, 15) is 14.4 Å². The molecule has 1 aliphatic heterocycles. The lowest BCUT2D eigenvalue weighted by molar-refractivity contribution is -0.114. The van der Waals surface area contributed by atoms with Gasteiger partial charge in [0.05, 0.1) is 19.8 Å². The fourth-order valence-electron chi connectivity index (χ4n) is 3.21. The molecule has 2 aromatic carbocycles. The van der Waals surface area contributed by atoms with Crippen molar-refractivity contribution in [3.8, 4) is 0 Å². The molecule has 2 aromatic rings. The molecule has 3 N–H and O–H groups in total. The maximum atomic E-state index is 12.6. The van der Waals surface area contributed by atoms with Gasteiger partial charge < -0.3 is 25.6 Å². The average molecular weight is 439 g/mol. The Morgan fingerprint density at radius 3 is 2.41 bits per heavy atom. The molecule has 1 heterocycles. The third-order valence-electron chi connectivity index (χ3n) is 5.28. The monoisotopic (exact) mass is 438 g/mol. The highest BCUT2D eigenvalue weighted by atomic mass is 16.5. The van der Waals surface area contributed by atoms with E-state index in [-0.39, 0.29) is 30.3 Å². The number of carbonyl (C=O) groups is 3. The molecular formula is C24H30N4O4. The third-order valence-corrected chi connectivity index (χ3v) is 5.28. The zero-order chi connectivity index (χ0) is 22.9. The topological polar surface area (TPSA) is 99.8 Å². The highest BCUT2D eigenvalue weighted by molar-refractivity contribution is 5.97. The summed E-state index contributed by atoms with van der Waals surface area (Å²) < 4.78 is 5.29. The van der Waals surface area contributed by atoms with E-state index in [1.807, 2.05) is 19.9 Å². The molecule has 8 heteroatoms. The maximum absolute atomic E-state index is 12.6. The molecule has 0 aromatic heterocycles. The van der Waals surface area contributed by atoms with Crippen LogP contribution in [-0.2, 0) is 9.53 Å². The van der Waals surface area contributed by atoms with Crippen LogP contribution in [0.5, 0.6) is 0 Å². The van der Waals surface area contributed by atoms with E-state index in [2.05, 4.69) is 16.0 Å². The van der Waals surface area contributed by atoms with Crippen LogP contribution >= 0.6 is 0 Å². The molecule has 0 saturated carbocycles. The number of nitrogens with one attached hydrogen (secondary N) is 3. The van der Waals surface area contributed by atoms with Crippen molar-refractivity contribution >= 4 is 29.1 Å². The van der Waals surface area contributed by atoms with Gasteiger partial charge in [0.1, 0.15) is 0 Å². The minimum atomic E-state index is -0.230. The Hall–Kier alpha value is -3.39. The van der Waals surface area contributed by atoms with Crippen molar-refractivity contribution in [1.82, 2.24) is 10.2 Å². The largest absolute Gasteiger partial charge is 0.378 e. The lowest BCUT2D eigenvalue weighted by Crippen LogP contribution is -2.40. The van der Waals surface area contributed by atoms with Crippen LogP contribution in [-0.4, -0.2) is 61.5 Å². The van der Waals surface area contributed by atoms with Gasteiger partial charge in [-0.1, -0.05) is 13.0 Å². The van der Waals surface area contributed by atoms with Crippen LogP contribution in [0, 0.1) is 0 Å². The summed E-state index contributed by atoms with van der Waals surface area (Å²) in [5.41, 5.74) is 2.41. The van der Waals surface area contributed by atoms with E-state index in [0.29, 0.717) is 48.8 Å². The number of nitrogens with zero attached hydrogens (tertiary/aromatic N) is 1. The van der Waals surface area contributed by atoms with Gasteiger partial charge in [0.2, 0.25) is 5.91 Å². The quantitative estimate of drug-likeness (QED) is 0.589. The van der Waals surface area contributed by atoms with Crippen molar-refractivity contribution in [2.45, 2.75) is 26.3 Å². The highest BCUT2D eigenvalue weighted by Crippen LogP contribution is 2.14. The number of hydrogen-bond donors (Lipinski definition) is 3. The summed E-state index contributed by atoms with van der Waals surface area (Å²) in [6, 6.07) is 14.0. The van der Waals surface area contributed by atoms with E-state index in [1.54, 1.807) is 47.4 Å². The van der Waals surface area contributed by atoms with Crippen LogP contribution in [0.3, 0.4) is 0 Å². The molecule has 1 unspecified atom stereocenters. The predicted octanol–water partition coefficient (Wildman–Crippen LogP) is 2.74. The number of hydrogen-bond acceptors (Lipinski definition) is 5. The maximum Gasteiger partial charge on any atom is 0.254 e. The first-order chi connectivity index (χ1) is 15.5. The normalized spacial score (nSPS) is 14.4. The van der Waals surface area contributed by atoms with Gasteiger partial charge in [0.15, 0.2) is 0 Å². The average Bonchev–Trinajstić information content (AvgIpc) is 2.83. The Kier molecular flexibility index (Phi) is 8.21. The summed E-state index contributed by atoms with van der Waals surface area (Å²) >= 11 is 0. The summed E-state index contributed by atoms with van der Waals surface area (Å²) in [4.78, 5) is 38.8. The smallest absolute Gasteiger partial charge is 0.254 e. The fraction of sp³-hybridized carbons (Fsp3) is 0.375. The van der Waals surface area contributed by atoms with Crippen LogP contribution in [0.1, 0.15) is 41.0 Å². The number of amides is 3. The van der Waals surface area contributed by atoms with E-state index in [0.717, 1.165) is 6.42 Å². The second kappa shape index (κ2) is 11.3. The highest BCUT2D eigenvalue weighted by Gasteiger charge is 2.18. The fourth-order valence-corrected chi connectivity index (χ4v) is 3.21. The van der Waals surface area contributed by atoms with Crippen molar-refractivity contribution in [3.05, 3.63) is 59.7 Å². The van der Waals surface area contributed by atoms with Gasteiger partial charge in [0.25, 0.3) is 11.8 Å². The van der Waals surface area contributed by atoms with E-state index < -0.39 is 0 Å². The van der Waals surface area contributed by atoms with Crippen molar-refractivity contribution < 1.29 is 19.1 Å². The minimum absolute atomic E-state index is 0.0427. The van der Waals surface area contributed by atoms with Crippen molar-refractivity contribution in [2.24, 2.45) is 0 Å². The van der Waals surface area contributed by atoms with Crippen LogP contribution in [0.2, 0.25) is 0 Å². The molecule has 0 bridgehead atoms. The van der Waals surface area contributed by atoms with Crippen LogP contribution in [0.25, 0.3) is 0 Å². The van der Waals surface area contributed by atoms with Gasteiger partial charge in [-0.2, -0.15) is 0 Å². The summed E-state index contributed by atoms with van der Waals surface area (Å²) in [6.45, 7) is 6.27. The molecule has 0 radical (unpaired) electrons. The standard InChI is InChI=1S/C24H30N4O4/c1-3-17(2)26-23(30)18-7-9-20(10-8-18)27-22(29)16-25-21-6-4-5-19(15-21)24(31)28-11-13-32-14-12-28/h4-10,15,17,25H,3,11-14,16H2,1-2H3,(H,26,30)(H,27,29). The van der Waals surface area contributed by atoms with E-state index in [4.69, 9.17) is 4.74 Å². The third kappa shape index (κ3) is 6.55. The van der Waals surface area contributed by atoms with Gasteiger partial charge in [-0.25, -0.2) is 0 Å². The molecule has 3 rings (SSSR count). The molecular weight excluding hydrogens is 408 g/mol. The number of ether oxygens (including phenoxy) is 1. The van der Waals surface area contributed by atoms with Gasteiger partial charge in [-0.05, 0) is 55.8 Å². The molecule has 8 nitrogen and oxygen atoms in total. The van der Waals surface area contributed by atoms with Gasteiger partial charge in [-0.15, -0.1) is 0 Å². The van der Waals surface area contributed by atoms with E-state index in [1.165, 1.54) is 0 Å². The van der Waals surface area contributed by atoms with Crippen LogP contribution in [0.4, 0.5) is 11.4 Å². The predicted molar refractivity (Wildman–Crippen MR) is 124 cm³/mol. The molecule has 32 heavy (non-hydrogen) atoms. The summed E-state index contributed by atoms with van der Waals surface area (Å²) in [5.74, 6) is -0.407. The number of anilines is 2. The summed E-state index contributed by atoms with van der Waals surface area (Å²) in [5, 5.41) is 8.75. The number of benzene rings is 2. The van der Waals surface area contributed by atoms with Crippen LogP contribution in [0.15, 0.2) is 48.5 Å². The molecule has 1 saturated heterocycles.